The number of carbonyl (C=O) groups excluding carboxylic acids is 2. The average Bonchev–Trinajstić information content (AvgIpc) is 3.00. The first-order valence-corrected chi connectivity index (χ1v) is 17.3. The number of amidine groups is 1. The highest BCUT2D eigenvalue weighted by Crippen LogP contribution is 2.62. The molecule has 1 atom stereocenters. The van der Waals surface area contributed by atoms with Crippen molar-refractivity contribution in [2.75, 3.05) is 25.1 Å². The molecular weight excluding hydrogens is 576 g/mol. The third-order valence-corrected chi connectivity index (χ3v) is 12.9. The molecule has 236 valence electrons. The van der Waals surface area contributed by atoms with Crippen molar-refractivity contribution in [3.8, 4) is 5.88 Å². The molecular formula is C29H42N6O7S. The fraction of sp³-hybridized carbons (Fsp3) is 0.759. The lowest BCUT2D eigenvalue weighted by Gasteiger charge is -2.58. The molecule has 14 heteroatoms. The number of imide groups is 1. The summed E-state index contributed by atoms with van der Waals surface area (Å²) in [6, 6.07) is -0.763. The fourth-order valence-electron chi connectivity index (χ4n) is 8.43. The van der Waals surface area contributed by atoms with E-state index in [2.05, 4.69) is 0 Å². The third-order valence-electron chi connectivity index (χ3n) is 11.1. The Hall–Kier alpha value is -3.16. The van der Waals surface area contributed by atoms with E-state index < -0.39 is 44.4 Å². The van der Waals surface area contributed by atoms with E-state index in [0.29, 0.717) is 64.3 Å². The number of nitrogens with zero attached hydrogens (tertiary/aromatic N) is 4. The van der Waals surface area contributed by atoms with E-state index in [4.69, 9.17) is 11.1 Å². The summed E-state index contributed by atoms with van der Waals surface area (Å²) < 4.78 is 26.6. The Bertz CT molecular complexity index is 1580. The van der Waals surface area contributed by atoms with Gasteiger partial charge < -0.3 is 15.7 Å². The lowest BCUT2D eigenvalue weighted by Crippen LogP contribution is -2.64. The van der Waals surface area contributed by atoms with E-state index in [-0.39, 0.29) is 52.8 Å². The Morgan fingerprint density at radius 2 is 1.58 bits per heavy atom. The first-order valence-electron chi connectivity index (χ1n) is 15.5. The monoisotopic (exact) mass is 618 g/mol. The van der Waals surface area contributed by atoms with Crippen molar-refractivity contribution >= 4 is 27.6 Å². The van der Waals surface area contributed by atoms with E-state index in [9.17, 15) is 32.7 Å². The van der Waals surface area contributed by atoms with Crippen molar-refractivity contribution in [2.24, 2.45) is 23.0 Å². The summed E-state index contributed by atoms with van der Waals surface area (Å²) in [7, 11) is -1.57. The number of hydrogen-bond donors (Lipinski definition) is 3. The van der Waals surface area contributed by atoms with E-state index in [0.717, 1.165) is 19.3 Å². The Morgan fingerprint density at radius 1 is 0.953 bits per heavy atom. The predicted molar refractivity (Wildman–Crippen MR) is 158 cm³/mol. The number of nitrogens with two attached hydrogens (primary N) is 1. The number of nitrogen functional groups attached to an aromatic ring is 1. The van der Waals surface area contributed by atoms with Crippen LogP contribution in [0.25, 0.3) is 0 Å². The molecule has 1 aromatic rings. The molecule has 3 heterocycles. The van der Waals surface area contributed by atoms with Gasteiger partial charge in [0, 0.05) is 26.2 Å². The number of carbonyl (C=O) groups is 2. The Balaban J connectivity index is 1.20. The van der Waals surface area contributed by atoms with Gasteiger partial charge in [-0.3, -0.25) is 29.0 Å². The number of aromatic nitrogens is 2. The number of urea groups is 1. The molecule has 0 bridgehead atoms. The zero-order chi connectivity index (χ0) is 30.9. The molecule has 0 unspecified atom stereocenters. The molecule has 2 spiro atoms. The van der Waals surface area contributed by atoms with E-state index in [1.54, 1.807) is 4.90 Å². The summed E-state index contributed by atoms with van der Waals surface area (Å²) in [5, 5.41) is 18.7. The minimum atomic E-state index is -3.08. The van der Waals surface area contributed by atoms with Gasteiger partial charge in [0.1, 0.15) is 26.8 Å². The van der Waals surface area contributed by atoms with Crippen molar-refractivity contribution < 1.29 is 23.1 Å². The molecule has 6 rings (SSSR count). The van der Waals surface area contributed by atoms with Crippen LogP contribution in [0.2, 0.25) is 0 Å². The molecule has 4 N–H and O–H groups in total. The molecule has 3 saturated carbocycles. The zero-order valence-electron chi connectivity index (χ0n) is 24.7. The van der Waals surface area contributed by atoms with Gasteiger partial charge in [-0.05, 0) is 87.9 Å². The van der Waals surface area contributed by atoms with Gasteiger partial charge in [0.2, 0.25) is 5.88 Å². The smallest absolute Gasteiger partial charge is 0.334 e. The van der Waals surface area contributed by atoms with Crippen LogP contribution in [0.5, 0.6) is 5.88 Å². The van der Waals surface area contributed by atoms with Gasteiger partial charge >= 0.3 is 11.7 Å². The fourth-order valence-corrected chi connectivity index (χ4v) is 9.93. The number of aromatic hydroxyl groups is 1. The summed E-state index contributed by atoms with van der Waals surface area (Å²) in [5.74, 6) is -0.827. The number of amides is 3. The summed E-state index contributed by atoms with van der Waals surface area (Å²) in [6.07, 6.45) is 7.99. The van der Waals surface area contributed by atoms with Crippen LogP contribution in [-0.4, -0.2) is 80.9 Å². The number of hydrogen-bond acceptors (Lipinski definition) is 8. The number of nitrogens with one attached hydrogen (secondary N) is 1. The van der Waals surface area contributed by atoms with Gasteiger partial charge in [-0.2, -0.15) is 0 Å². The maximum absolute atomic E-state index is 13.5. The van der Waals surface area contributed by atoms with Gasteiger partial charge in [0.05, 0.1) is 11.5 Å². The minimum Gasteiger partial charge on any atom is -0.494 e. The summed E-state index contributed by atoms with van der Waals surface area (Å²) >= 11 is 0. The molecule has 0 aromatic carbocycles. The molecule has 2 saturated heterocycles. The van der Waals surface area contributed by atoms with E-state index >= 15 is 0 Å². The van der Waals surface area contributed by atoms with Gasteiger partial charge in [-0.25, -0.2) is 18.0 Å². The highest BCUT2D eigenvalue weighted by atomic mass is 32.2. The van der Waals surface area contributed by atoms with Crippen molar-refractivity contribution in [3.63, 3.8) is 0 Å². The first-order chi connectivity index (χ1) is 20.3. The summed E-state index contributed by atoms with van der Waals surface area (Å²) in [5.41, 5.74) is 2.86. The molecule has 5 fully saturated rings. The Kier molecular flexibility index (Phi) is 7.29. The van der Waals surface area contributed by atoms with Crippen LogP contribution in [0.1, 0.15) is 88.7 Å². The second-order valence-electron chi connectivity index (χ2n) is 13.8. The van der Waals surface area contributed by atoms with Crippen molar-refractivity contribution in [2.45, 2.75) is 95.2 Å². The standard InChI is InChI=1S/C29H42N6O7S/c1-32-25(38)29(34(26(32)39)15-19-6-3-12-43(41,42)13-9-19)16-28(17-29)10-7-20(8-11-28)35-24(37)21(22(30)31)23(36)33(27(35)40)14-18-4-2-5-18/h18-20,36H,2-17H2,1H3,(H3,30,31)/t19-,20?,28?,29?/m1/s1. The van der Waals surface area contributed by atoms with Crippen molar-refractivity contribution in [1.82, 2.24) is 18.9 Å². The Morgan fingerprint density at radius 3 is 2.19 bits per heavy atom. The second kappa shape index (κ2) is 10.5. The molecule has 3 aliphatic carbocycles. The summed E-state index contributed by atoms with van der Waals surface area (Å²) in [4.78, 5) is 56.5. The lowest BCUT2D eigenvalue weighted by atomic mass is 9.51. The zero-order valence-corrected chi connectivity index (χ0v) is 25.5. The summed E-state index contributed by atoms with van der Waals surface area (Å²) in [6.45, 7) is 0.636. The van der Waals surface area contributed by atoms with Crippen molar-refractivity contribution in [3.05, 3.63) is 26.4 Å². The maximum atomic E-state index is 13.5. The molecule has 43 heavy (non-hydrogen) atoms. The highest BCUT2D eigenvalue weighted by molar-refractivity contribution is 7.91. The van der Waals surface area contributed by atoms with E-state index in [1.807, 2.05) is 0 Å². The lowest BCUT2D eigenvalue weighted by molar-refractivity contribution is -0.150. The topological polar surface area (TPSA) is 189 Å². The number of rotatable bonds is 6. The van der Waals surface area contributed by atoms with Crippen LogP contribution in [0.3, 0.4) is 0 Å². The Labute approximate surface area is 250 Å². The normalized spacial score (nSPS) is 32.6. The number of likely N-dealkylation sites (N-methyl/N-ethyl adjacent to an activating group) is 1. The molecule has 13 nitrogen and oxygen atoms in total. The van der Waals surface area contributed by atoms with Crippen LogP contribution in [0, 0.1) is 22.7 Å². The van der Waals surface area contributed by atoms with Gasteiger partial charge in [-0.1, -0.05) is 6.42 Å². The minimum absolute atomic E-state index is 0.0173. The molecule has 2 aliphatic heterocycles. The van der Waals surface area contributed by atoms with Gasteiger partial charge in [0.25, 0.3) is 11.5 Å². The van der Waals surface area contributed by atoms with Crippen LogP contribution >= 0.6 is 0 Å². The average molecular weight is 619 g/mol. The van der Waals surface area contributed by atoms with E-state index in [1.165, 1.54) is 21.1 Å². The highest BCUT2D eigenvalue weighted by Gasteiger charge is 2.68. The van der Waals surface area contributed by atoms with Gasteiger partial charge in [0.15, 0.2) is 0 Å². The van der Waals surface area contributed by atoms with Crippen LogP contribution in [0.15, 0.2) is 9.59 Å². The first kappa shape index (κ1) is 29.9. The SMILES string of the molecule is CN1C(=O)N(C[C@@H]2CCCS(=O)(=O)CC2)C2(CC3(CCC(n4c(=O)c(C(=N)N)c(O)n(CC5CCC5)c4=O)CC3)C2)C1=O. The van der Waals surface area contributed by atoms with Crippen LogP contribution < -0.4 is 17.0 Å². The molecule has 0 radical (unpaired) electrons. The third kappa shape index (κ3) is 4.89. The predicted octanol–water partition coefficient (Wildman–Crippen LogP) is 1.54. The molecule has 1 aromatic heterocycles. The van der Waals surface area contributed by atoms with Crippen LogP contribution in [0.4, 0.5) is 4.79 Å². The quantitative estimate of drug-likeness (QED) is 0.243. The maximum Gasteiger partial charge on any atom is 0.334 e. The van der Waals surface area contributed by atoms with Gasteiger partial charge in [-0.15, -0.1) is 0 Å². The number of sulfone groups is 1. The van der Waals surface area contributed by atoms with Crippen LogP contribution in [-0.2, 0) is 21.2 Å². The molecule has 3 amide bonds. The molecule has 5 aliphatic rings. The van der Waals surface area contributed by atoms with Crippen molar-refractivity contribution in [1.29, 1.82) is 5.41 Å². The largest absolute Gasteiger partial charge is 0.494 e. The second-order valence-corrected chi connectivity index (χ2v) is 16.1.